The SMILES string of the molecule is CN1C(CN)CCC2CCCCC21. The summed E-state index contributed by atoms with van der Waals surface area (Å²) in [5, 5.41) is 0. The van der Waals surface area contributed by atoms with Crippen LogP contribution in [0.3, 0.4) is 0 Å². The predicted octanol–water partition coefficient (Wildman–Crippen LogP) is 1.60. The van der Waals surface area contributed by atoms with Crippen LogP contribution < -0.4 is 5.73 Å². The monoisotopic (exact) mass is 182 g/mol. The molecule has 1 saturated heterocycles. The maximum Gasteiger partial charge on any atom is 0.0218 e. The van der Waals surface area contributed by atoms with Gasteiger partial charge >= 0.3 is 0 Å². The zero-order valence-electron chi connectivity index (χ0n) is 8.71. The van der Waals surface area contributed by atoms with Gasteiger partial charge in [-0.15, -0.1) is 0 Å². The third kappa shape index (κ3) is 1.75. The van der Waals surface area contributed by atoms with Crippen LogP contribution in [0.1, 0.15) is 38.5 Å². The summed E-state index contributed by atoms with van der Waals surface area (Å²) in [6, 6.07) is 1.52. The summed E-state index contributed by atoms with van der Waals surface area (Å²) < 4.78 is 0. The van der Waals surface area contributed by atoms with Crippen LogP contribution in [0.15, 0.2) is 0 Å². The van der Waals surface area contributed by atoms with Crippen LogP contribution in [0, 0.1) is 5.92 Å². The highest BCUT2D eigenvalue weighted by atomic mass is 15.2. The smallest absolute Gasteiger partial charge is 0.0218 e. The van der Waals surface area contributed by atoms with E-state index in [9.17, 15) is 0 Å². The Kier molecular flexibility index (Phi) is 2.89. The van der Waals surface area contributed by atoms with E-state index in [-0.39, 0.29) is 0 Å². The van der Waals surface area contributed by atoms with Crippen LogP contribution >= 0.6 is 0 Å². The summed E-state index contributed by atoms with van der Waals surface area (Å²) >= 11 is 0. The van der Waals surface area contributed by atoms with Crippen LogP contribution in [0.5, 0.6) is 0 Å². The van der Waals surface area contributed by atoms with Crippen molar-refractivity contribution in [2.45, 2.75) is 50.6 Å². The standard InChI is InChI=1S/C11H22N2/c1-13-10(8-12)7-6-9-4-2-3-5-11(9)13/h9-11H,2-8,12H2,1H3. The van der Waals surface area contributed by atoms with E-state index in [0.29, 0.717) is 6.04 Å². The van der Waals surface area contributed by atoms with E-state index in [1.807, 2.05) is 0 Å². The first-order valence-electron chi connectivity index (χ1n) is 5.75. The van der Waals surface area contributed by atoms with Crippen molar-refractivity contribution in [1.29, 1.82) is 0 Å². The lowest BCUT2D eigenvalue weighted by atomic mass is 9.76. The van der Waals surface area contributed by atoms with Gasteiger partial charge in [-0.2, -0.15) is 0 Å². The number of hydrogen-bond acceptors (Lipinski definition) is 2. The van der Waals surface area contributed by atoms with Crippen molar-refractivity contribution < 1.29 is 0 Å². The van der Waals surface area contributed by atoms with Crippen molar-refractivity contribution in [2.75, 3.05) is 13.6 Å². The number of hydrogen-bond donors (Lipinski definition) is 1. The Labute approximate surface area is 81.5 Å². The predicted molar refractivity (Wildman–Crippen MR) is 55.6 cm³/mol. The Morgan fingerprint density at radius 1 is 1.15 bits per heavy atom. The largest absolute Gasteiger partial charge is 0.329 e. The number of likely N-dealkylation sites (N-methyl/N-ethyl adjacent to an activating group) is 1. The number of nitrogens with zero attached hydrogens (tertiary/aromatic N) is 1. The number of likely N-dealkylation sites (tertiary alicyclic amines) is 1. The Balaban J connectivity index is 2.01. The summed E-state index contributed by atoms with van der Waals surface area (Å²) in [4.78, 5) is 2.56. The zero-order valence-corrected chi connectivity index (χ0v) is 8.71. The second kappa shape index (κ2) is 3.97. The Hall–Kier alpha value is -0.0800. The van der Waals surface area contributed by atoms with Crippen molar-refractivity contribution in [2.24, 2.45) is 11.7 Å². The van der Waals surface area contributed by atoms with Gasteiger partial charge in [0.05, 0.1) is 0 Å². The van der Waals surface area contributed by atoms with Crippen molar-refractivity contribution in [3.8, 4) is 0 Å². The van der Waals surface area contributed by atoms with Crippen molar-refractivity contribution in [3.05, 3.63) is 0 Å². The molecule has 2 heteroatoms. The second-order valence-electron chi connectivity index (χ2n) is 4.74. The third-order valence-corrected chi connectivity index (χ3v) is 4.11. The molecule has 1 saturated carbocycles. The molecule has 1 aliphatic carbocycles. The van der Waals surface area contributed by atoms with Crippen LogP contribution in [-0.2, 0) is 0 Å². The lowest BCUT2D eigenvalue weighted by Crippen LogP contribution is -2.52. The molecular formula is C11H22N2. The molecule has 0 aromatic heterocycles. The minimum atomic E-state index is 0.666. The van der Waals surface area contributed by atoms with Gasteiger partial charge in [0.15, 0.2) is 0 Å². The second-order valence-corrected chi connectivity index (χ2v) is 4.74. The van der Waals surface area contributed by atoms with E-state index >= 15 is 0 Å². The van der Waals surface area contributed by atoms with Gasteiger partial charge in [0, 0.05) is 18.6 Å². The Bertz CT molecular complexity index is 169. The van der Waals surface area contributed by atoms with Gasteiger partial charge in [-0.05, 0) is 38.6 Å². The molecule has 2 nitrogen and oxygen atoms in total. The molecule has 0 radical (unpaired) electrons. The summed E-state index contributed by atoms with van der Waals surface area (Å²) in [5.74, 6) is 0.988. The van der Waals surface area contributed by atoms with Crippen molar-refractivity contribution in [1.82, 2.24) is 4.90 Å². The maximum absolute atomic E-state index is 5.77. The average molecular weight is 182 g/mol. The molecule has 0 amide bonds. The first kappa shape index (κ1) is 9.47. The van der Waals surface area contributed by atoms with Gasteiger partial charge < -0.3 is 5.73 Å². The minimum Gasteiger partial charge on any atom is -0.329 e. The maximum atomic E-state index is 5.77. The number of fused-ring (bicyclic) bond motifs is 1. The summed E-state index contributed by atoms with van der Waals surface area (Å²) in [5.41, 5.74) is 5.77. The molecular weight excluding hydrogens is 160 g/mol. The van der Waals surface area contributed by atoms with Gasteiger partial charge in [0.25, 0.3) is 0 Å². The van der Waals surface area contributed by atoms with Gasteiger partial charge in [-0.3, -0.25) is 4.90 Å². The third-order valence-electron chi connectivity index (χ3n) is 4.11. The van der Waals surface area contributed by atoms with Gasteiger partial charge in [0.1, 0.15) is 0 Å². The fourth-order valence-electron chi connectivity index (χ4n) is 3.23. The first-order chi connectivity index (χ1) is 6.33. The van der Waals surface area contributed by atoms with Crippen molar-refractivity contribution in [3.63, 3.8) is 0 Å². The molecule has 3 unspecified atom stereocenters. The van der Waals surface area contributed by atoms with Crippen LogP contribution in [0.4, 0.5) is 0 Å². The molecule has 1 aliphatic heterocycles. The van der Waals surface area contributed by atoms with Gasteiger partial charge in [-0.25, -0.2) is 0 Å². The molecule has 2 rings (SSSR count). The fraction of sp³-hybridized carbons (Fsp3) is 1.00. The van der Waals surface area contributed by atoms with Crippen LogP contribution in [0.2, 0.25) is 0 Å². The molecule has 0 bridgehead atoms. The van der Waals surface area contributed by atoms with E-state index < -0.39 is 0 Å². The van der Waals surface area contributed by atoms with Gasteiger partial charge in [-0.1, -0.05) is 12.8 Å². The molecule has 76 valence electrons. The van der Waals surface area contributed by atoms with Crippen LogP contribution in [-0.4, -0.2) is 30.6 Å². The summed E-state index contributed by atoms with van der Waals surface area (Å²) in [7, 11) is 2.28. The molecule has 2 N–H and O–H groups in total. The quantitative estimate of drug-likeness (QED) is 0.667. The molecule has 0 aromatic carbocycles. The lowest BCUT2D eigenvalue weighted by molar-refractivity contribution is 0.0407. The first-order valence-corrected chi connectivity index (χ1v) is 5.75. The summed E-state index contributed by atoms with van der Waals surface area (Å²) in [6.07, 6.45) is 8.53. The molecule has 0 aromatic rings. The van der Waals surface area contributed by atoms with E-state index in [2.05, 4.69) is 11.9 Å². The molecule has 13 heavy (non-hydrogen) atoms. The lowest BCUT2D eigenvalue weighted by Gasteiger charge is -2.46. The summed E-state index contributed by atoms with van der Waals surface area (Å²) in [6.45, 7) is 0.847. The minimum absolute atomic E-state index is 0.666. The highest BCUT2D eigenvalue weighted by molar-refractivity contribution is 4.90. The molecule has 2 aliphatic rings. The average Bonchev–Trinajstić information content (AvgIpc) is 2.19. The van der Waals surface area contributed by atoms with Crippen LogP contribution in [0.25, 0.3) is 0 Å². The normalized spacial score (nSPS) is 41.5. The van der Waals surface area contributed by atoms with E-state index in [1.165, 1.54) is 38.5 Å². The Morgan fingerprint density at radius 2 is 1.92 bits per heavy atom. The molecule has 2 fully saturated rings. The van der Waals surface area contributed by atoms with E-state index in [0.717, 1.165) is 18.5 Å². The number of piperidine rings is 1. The van der Waals surface area contributed by atoms with E-state index in [1.54, 1.807) is 0 Å². The highest BCUT2D eigenvalue weighted by Crippen LogP contribution is 2.36. The number of nitrogens with two attached hydrogens (primary N) is 1. The fourth-order valence-corrected chi connectivity index (χ4v) is 3.23. The molecule has 0 spiro atoms. The molecule has 1 heterocycles. The Morgan fingerprint density at radius 3 is 2.69 bits per heavy atom. The molecule has 3 atom stereocenters. The number of rotatable bonds is 1. The topological polar surface area (TPSA) is 29.3 Å². The van der Waals surface area contributed by atoms with Crippen molar-refractivity contribution >= 4 is 0 Å². The zero-order chi connectivity index (χ0) is 9.26. The highest BCUT2D eigenvalue weighted by Gasteiger charge is 2.35. The van der Waals surface area contributed by atoms with Gasteiger partial charge in [0.2, 0.25) is 0 Å². The van der Waals surface area contributed by atoms with E-state index in [4.69, 9.17) is 5.73 Å².